The number of thiazole rings is 1. The Morgan fingerprint density at radius 3 is 2.42 bits per heavy atom. The Labute approximate surface area is 229 Å². The first-order valence-electron chi connectivity index (χ1n) is 12.2. The summed E-state index contributed by atoms with van der Waals surface area (Å²) in [7, 11) is 0. The predicted molar refractivity (Wildman–Crippen MR) is 144 cm³/mol. The number of hydrogen-bond donors (Lipinski definition) is 0. The van der Waals surface area contributed by atoms with Gasteiger partial charge in [-0.05, 0) is 42.8 Å². The van der Waals surface area contributed by atoms with Gasteiger partial charge in [-0.3, -0.25) is 33.9 Å². The van der Waals surface area contributed by atoms with E-state index in [-0.39, 0.29) is 28.7 Å². The zero-order valence-electron chi connectivity index (χ0n) is 20.0. The fourth-order valence-electron chi connectivity index (χ4n) is 5.39. The summed E-state index contributed by atoms with van der Waals surface area (Å²) < 4.78 is 1.46. The lowest BCUT2D eigenvalue weighted by Crippen LogP contribution is -2.39. The summed E-state index contributed by atoms with van der Waals surface area (Å²) in [6, 6.07) is 9.10. The number of thioether (sulfide) groups is 1. The Hall–Kier alpha value is -3.29. The summed E-state index contributed by atoms with van der Waals surface area (Å²) in [6.45, 7) is 1.25. The second-order valence-electron chi connectivity index (χ2n) is 9.41. The molecule has 0 saturated carbocycles. The van der Waals surface area contributed by atoms with Crippen molar-refractivity contribution in [3.05, 3.63) is 71.3 Å². The van der Waals surface area contributed by atoms with E-state index in [2.05, 4.69) is 0 Å². The molecule has 1 aromatic carbocycles. The Morgan fingerprint density at radius 2 is 1.76 bits per heavy atom. The first kappa shape index (κ1) is 25.0. The molecule has 2 aromatic heterocycles. The highest BCUT2D eigenvalue weighted by atomic mass is 32.2. The summed E-state index contributed by atoms with van der Waals surface area (Å²) in [5.74, 6) is -2.19. The third kappa shape index (κ3) is 4.09. The molecule has 0 bridgehead atoms. The molecule has 3 aromatic rings. The van der Waals surface area contributed by atoms with E-state index in [1.54, 1.807) is 4.90 Å². The number of nitro groups is 1. The molecule has 10 nitrogen and oxygen atoms in total. The number of carbonyl (C=O) groups is 3. The van der Waals surface area contributed by atoms with Crippen molar-refractivity contribution in [1.29, 1.82) is 0 Å². The van der Waals surface area contributed by atoms with Crippen LogP contribution in [0.5, 0.6) is 0 Å². The zero-order chi connectivity index (χ0) is 26.6. The third-order valence-corrected chi connectivity index (χ3v) is 10.8. The van der Waals surface area contributed by atoms with Crippen molar-refractivity contribution in [3.63, 3.8) is 0 Å². The van der Waals surface area contributed by atoms with Crippen LogP contribution in [0.3, 0.4) is 0 Å². The smallest absolute Gasteiger partial charge is 0.308 e. The van der Waals surface area contributed by atoms with Gasteiger partial charge in [0.25, 0.3) is 5.69 Å². The number of imide groups is 1. The molecule has 2 saturated heterocycles. The molecular formula is C25H22N4O6S3. The molecule has 6 rings (SSSR count). The van der Waals surface area contributed by atoms with Crippen molar-refractivity contribution < 1.29 is 19.3 Å². The lowest BCUT2D eigenvalue weighted by atomic mass is 9.87. The number of carbonyl (C=O) groups excluding carboxylic acids is 3. The molecule has 3 aliphatic rings. The molecular weight excluding hydrogens is 548 g/mol. The quantitative estimate of drug-likeness (QED) is 0.260. The first-order valence-corrected chi connectivity index (χ1v) is 14.8. The number of amides is 3. The number of piperidine rings is 1. The number of benzene rings is 1. The van der Waals surface area contributed by atoms with Gasteiger partial charge < -0.3 is 4.90 Å². The van der Waals surface area contributed by atoms with Crippen LogP contribution in [0.4, 0.5) is 11.4 Å². The molecule has 5 heterocycles. The molecule has 3 unspecified atom stereocenters. The van der Waals surface area contributed by atoms with Gasteiger partial charge in [-0.1, -0.05) is 29.2 Å². The van der Waals surface area contributed by atoms with E-state index in [0.717, 1.165) is 40.4 Å². The van der Waals surface area contributed by atoms with Gasteiger partial charge in [0, 0.05) is 40.9 Å². The van der Waals surface area contributed by atoms with Crippen LogP contribution in [0.25, 0.3) is 0 Å². The van der Waals surface area contributed by atoms with Crippen molar-refractivity contribution in [2.24, 2.45) is 5.92 Å². The Kier molecular flexibility index (Phi) is 6.44. The number of fused-ring (bicyclic) bond motifs is 2. The third-order valence-electron chi connectivity index (χ3n) is 7.22. The molecule has 0 spiro atoms. The van der Waals surface area contributed by atoms with Crippen LogP contribution in [-0.2, 0) is 20.9 Å². The molecule has 0 N–H and O–H groups in total. The summed E-state index contributed by atoms with van der Waals surface area (Å²) in [6.07, 6.45) is 2.97. The lowest BCUT2D eigenvalue weighted by Gasteiger charge is -2.30. The maximum Gasteiger partial charge on any atom is 0.308 e. The first-order chi connectivity index (χ1) is 18.3. The summed E-state index contributed by atoms with van der Waals surface area (Å²) in [5.41, 5.74) is 0.132. The van der Waals surface area contributed by atoms with E-state index in [1.165, 1.54) is 51.9 Å². The largest absolute Gasteiger partial charge is 0.341 e. The van der Waals surface area contributed by atoms with Crippen molar-refractivity contribution in [3.8, 4) is 0 Å². The second kappa shape index (κ2) is 9.79. The fourth-order valence-corrected chi connectivity index (χ4v) is 9.11. The van der Waals surface area contributed by atoms with Gasteiger partial charge in [0.2, 0.25) is 17.7 Å². The number of non-ortho nitro benzene ring substituents is 1. The number of nitro benzene ring substituents is 1. The van der Waals surface area contributed by atoms with Gasteiger partial charge in [-0.15, -0.1) is 11.3 Å². The molecule has 2 fully saturated rings. The molecule has 0 aliphatic carbocycles. The van der Waals surface area contributed by atoms with Crippen LogP contribution in [0.15, 0.2) is 51.6 Å². The molecule has 0 radical (unpaired) electrons. The van der Waals surface area contributed by atoms with Crippen molar-refractivity contribution in [2.45, 2.75) is 42.0 Å². The predicted octanol–water partition coefficient (Wildman–Crippen LogP) is 3.69. The van der Waals surface area contributed by atoms with Crippen LogP contribution in [-0.4, -0.2) is 50.5 Å². The minimum absolute atomic E-state index is 0.0968. The Morgan fingerprint density at radius 1 is 1.03 bits per heavy atom. The number of hydrogen-bond acceptors (Lipinski definition) is 9. The summed E-state index contributed by atoms with van der Waals surface area (Å²) in [5, 5.41) is 12.7. The number of rotatable bonds is 5. The highest BCUT2D eigenvalue weighted by Crippen LogP contribution is 2.54. The molecule has 3 atom stereocenters. The number of aromatic nitrogens is 1. The average molecular weight is 571 g/mol. The van der Waals surface area contributed by atoms with E-state index >= 15 is 0 Å². The maximum absolute atomic E-state index is 13.8. The normalized spacial score (nSPS) is 22.9. The topological polar surface area (TPSA) is 123 Å². The van der Waals surface area contributed by atoms with E-state index in [0.29, 0.717) is 23.0 Å². The monoisotopic (exact) mass is 570 g/mol. The van der Waals surface area contributed by atoms with Gasteiger partial charge >= 0.3 is 4.87 Å². The molecule has 13 heteroatoms. The minimum atomic E-state index is -0.789. The van der Waals surface area contributed by atoms with Crippen molar-refractivity contribution >= 4 is 63.5 Å². The van der Waals surface area contributed by atoms with Gasteiger partial charge in [-0.2, -0.15) is 0 Å². The van der Waals surface area contributed by atoms with Gasteiger partial charge in [0.15, 0.2) is 0 Å². The number of thiophene rings is 1. The van der Waals surface area contributed by atoms with Crippen LogP contribution in [0.2, 0.25) is 0 Å². The molecule has 196 valence electrons. The lowest BCUT2D eigenvalue weighted by molar-refractivity contribution is -0.384. The van der Waals surface area contributed by atoms with E-state index in [4.69, 9.17) is 0 Å². The van der Waals surface area contributed by atoms with Crippen molar-refractivity contribution in [1.82, 2.24) is 9.47 Å². The molecule has 38 heavy (non-hydrogen) atoms. The summed E-state index contributed by atoms with van der Waals surface area (Å²) in [4.78, 5) is 68.4. The highest BCUT2D eigenvalue weighted by molar-refractivity contribution is 8.00. The fraction of sp³-hybridized carbons (Fsp3) is 0.360. The number of likely N-dealkylation sites (tertiary alicyclic amines) is 1. The van der Waals surface area contributed by atoms with Crippen LogP contribution in [0.1, 0.15) is 34.9 Å². The maximum atomic E-state index is 13.8. The zero-order valence-corrected chi connectivity index (χ0v) is 22.4. The number of nitrogens with zero attached hydrogens (tertiary/aromatic N) is 4. The second-order valence-corrected chi connectivity index (χ2v) is 12.5. The van der Waals surface area contributed by atoms with Crippen LogP contribution in [0, 0.1) is 16.0 Å². The Balaban J connectivity index is 1.39. The molecule has 3 amide bonds. The standard InChI is InChI=1S/C25H22N4O6S3/c30-17(26-10-2-1-3-11-26)13-27-24-21(38-25(27)33)18(16-5-4-12-36-16)19-20(37-24)23(32)28(22(19)31)14-6-8-15(9-7-14)29(34)35/h4-9,12,18-20H,1-3,10-11,13H2. The van der Waals surface area contributed by atoms with Gasteiger partial charge in [0.1, 0.15) is 11.8 Å². The van der Waals surface area contributed by atoms with Gasteiger partial charge in [-0.25, -0.2) is 4.90 Å². The van der Waals surface area contributed by atoms with Crippen molar-refractivity contribution in [2.75, 3.05) is 18.0 Å². The van der Waals surface area contributed by atoms with Crippen LogP contribution < -0.4 is 9.77 Å². The van der Waals surface area contributed by atoms with E-state index in [9.17, 15) is 29.3 Å². The van der Waals surface area contributed by atoms with Crippen LogP contribution >= 0.6 is 34.4 Å². The highest BCUT2D eigenvalue weighted by Gasteiger charge is 2.57. The molecule has 3 aliphatic heterocycles. The minimum Gasteiger partial charge on any atom is -0.341 e. The van der Waals surface area contributed by atoms with E-state index < -0.39 is 33.8 Å². The van der Waals surface area contributed by atoms with E-state index in [1.807, 2.05) is 17.5 Å². The Bertz CT molecular complexity index is 1490. The number of anilines is 1. The summed E-state index contributed by atoms with van der Waals surface area (Å²) >= 11 is 3.65. The van der Waals surface area contributed by atoms with Gasteiger partial charge in [0.05, 0.1) is 21.6 Å². The average Bonchev–Trinajstić information content (AvgIpc) is 3.62. The SMILES string of the molecule is O=C(Cn1c2c(sc1=O)C(c1cccs1)C1C(=O)N(c3ccc([N+](=O)[O-])cc3)C(=O)C1S2)N1CCCCC1.